The fraction of sp³-hybridized carbons (Fsp3) is 0.286. The molecule has 3 rings (SSSR count). The largest absolute Gasteiger partial charge is 0.444 e. The molecule has 0 saturated heterocycles. The van der Waals surface area contributed by atoms with Crippen molar-refractivity contribution in [2.75, 3.05) is 7.05 Å². The topological polar surface area (TPSA) is 94.4 Å². The van der Waals surface area contributed by atoms with Crippen LogP contribution in [-0.2, 0) is 21.1 Å². The third-order valence-corrected chi connectivity index (χ3v) is 6.44. The van der Waals surface area contributed by atoms with Crippen LogP contribution < -0.4 is 0 Å². The smallest absolute Gasteiger partial charge is 0.410 e. The Hall–Kier alpha value is -2.62. The van der Waals surface area contributed by atoms with Crippen LogP contribution in [0.4, 0.5) is 4.79 Å². The average molecular weight is 497 g/mol. The number of hydrogen-bond acceptors (Lipinski definition) is 6. The Labute approximate surface area is 196 Å². The summed E-state index contributed by atoms with van der Waals surface area (Å²) >= 11 is 12.1. The van der Waals surface area contributed by atoms with Crippen LogP contribution in [0.3, 0.4) is 0 Å². The van der Waals surface area contributed by atoms with Crippen molar-refractivity contribution in [1.82, 2.24) is 19.7 Å². The van der Waals surface area contributed by atoms with Crippen LogP contribution in [0.15, 0.2) is 58.6 Å². The maximum absolute atomic E-state index is 13.4. The van der Waals surface area contributed by atoms with Gasteiger partial charge in [0.1, 0.15) is 10.8 Å². The number of amides is 1. The highest BCUT2D eigenvalue weighted by molar-refractivity contribution is 7.91. The third kappa shape index (κ3) is 5.40. The summed E-state index contributed by atoms with van der Waals surface area (Å²) in [6.45, 7) is 5.30. The van der Waals surface area contributed by atoms with Crippen LogP contribution >= 0.6 is 23.2 Å². The number of halogens is 2. The number of rotatable bonds is 5. The molecule has 170 valence electrons. The molecule has 8 nitrogen and oxygen atoms in total. The minimum Gasteiger partial charge on any atom is -0.444 e. The molecule has 0 aliphatic carbocycles. The van der Waals surface area contributed by atoms with Crippen molar-refractivity contribution in [3.63, 3.8) is 0 Å². The quantitative estimate of drug-likeness (QED) is 0.472. The Bertz CT molecular complexity index is 1240. The molecule has 0 N–H and O–H groups in total. The molecule has 32 heavy (non-hydrogen) atoms. The number of pyridine rings is 1. The van der Waals surface area contributed by atoms with E-state index in [1.807, 2.05) is 0 Å². The number of carbonyl (C=O) groups excluding carboxylic acids is 1. The molecular weight excluding hydrogens is 475 g/mol. The number of sulfone groups is 1. The summed E-state index contributed by atoms with van der Waals surface area (Å²) in [5.74, 6) is 0. The van der Waals surface area contributed by atoms with Gasteiger partial charge in [-0.1, -0.05) is 35.3 Å². The second-order valence-electron chi connectivity index (χ2n) is 7.99. The molecule has 11 heteroatoms. The maximum Gasteiger partial charge on any atom is 0.410 e. The highest BCUT2D eigenvalue weighted by Gasteiger charge is 2.27. The van der Waals surface area contributed by atoms with Gasteiger partial charge in [0.2, 0.25) is 9.84 Å². The van der Waals surface area contributed by atoms with Gasteiger partial charge in [0.05, 0.1) is 27.8 Å². The zero-order valence-electron chi connectivity index (χ0n) is 17.9. The van der Waals surface area contributed by atoms with Gasteiger partial charge >= 0.3 is 6.09 Å². The lowest BCUT2D eigenvalue weighted by atomic mass is 10.2. The summed E-state index contributed by atoms with van der Waals surface area (Å²) in [4.78, 5) is 17.5. The summed E-state index contributed by atoms with van der Waals surface area (Å²) in [6.07, 6.45) is 0.616. The second kappa shape index (κ2) is 9.09. The van der Waals surface area contributed by atoms with Crippen molar-refractivity contribution in [1.29, 1.82) is 0 Å². The molecule has 0 atom stereocenters. The van der Waals surface area contributed by atoms with E-state index in [4.69, 9.17) is 27.9 Å². The van der Waals surface area contributed by atoms with Crippen LogP contribution in [0.5, 0.6) is 0 Å². The highest BCUT2D eigenvalue weighted by atomic mass is 35.5. The van der Waals surface area contributed by atoms with Crippen molar-refractivity contribution in [2.24, 2.45) is 0 Å². The molecule has 0 spiro atoms. The lowest BCUT2D eigenvalue weighted by Gasteiger charge is -2.24. The molecule has 1 aromatic carbocycles. The molecule has 1 amide bonds. The monoisotopic (exact) mass is 496 g/mol. The fourth-order valence-corrected chi connectivity index (χ4v) is 4.43. The van der Waals surface area contributed by atoms with Gasteiger partial charge < -0.3 is 9.64 Å². The van der Waals surface area contributed by atoms with Gasteiger partial charge in [-0.05, 0) is 45.0 Å². The normalized spacial score (nSPS) is 11.9. The predicted octanol–water partition coefficient (Wildman–Crippen LogP) is 4.77. The minimum absolute atomic E-state index is 0.0216. The SMILES string of the molecule is CN(Cc1cc(S(=O)(=O)c2ccc(Cl)nc2)n(-c2ccccc2Cl)n1)C(=O)OC(C)(C)C. The van der Waals surface area contributed by atoms with Gasteiger partial charge in [-0.25, -0.2) is 22.9 Å². The Morgan fingerprint density at radius 1 is 1.16 bits per heavy atom. The first-order valence-electron chi connectivity index (χ1n) is 9.53. The number of para-hydroxylation sites is 1. The van der Waals surface area contributed by atoms with Gasteiger partial charge in [0, 0.05) is 19.3 Å². The first kappa shape index (κ1) is 24.0. The van der Waals surface area contributed by atoms with Crippen molar-refractivity contribution >= 4 is 39.1 Å². The van der Waals surface area contributed by atoms with Crippen LogP contribution in [0.2, 0.25) is 10.2 Å². The summed E-state index contributed by atoms with van der Waals surface area (Å²) in [5, 5.41) is 4.79. The van der Waals surface area contributed by atoms with Gasteiger partial charge in [0.25, 0.3) is 0 Å². The molecular formula is C21H22Cl2N4O4S. The van der Waals surface area contributed by atoms with E-state index in [2.05, 4.69) is 10.1 Å². The predicted molar refractivity (Wildman–Crippen MR) is 121 cm³/mol. The van der Waals surface area contributed by atoms with Crippen molar-refractivity contribution in [2.45, 2.75) is 42.8 Å². The van der Waals surface area contributed by atoms with E-state index in [0.29, 0.717) is 16.4 Å². The molecule has 2 heterocycles. The molecule has 0 bridgehead atoms. The number of ether oxygens (including phenoxy) is 1. The summed E-state index contributed by atoms with van der Waals surface area (Å²) in [5.41, 5.74) is 0.0397. The van der Waals surface area contributed by atoms with E-state index < -0.39 is 21.5 Å². The summed E-state index contributed by atoms with van der Waals surface area (Å²) in [6, 6.07) is 10.9. The lowest BCUT2D eigenvalue weighted by Crippen LogP contribution is -2.33. The van der Waals surface area contributed by atoms with Crippen LogP contribution in [0, 0.1) is 0 Å². The van der Waals surface area contributed by atoms with Crippen molar-refractivity contribution in [3.8, 4) is 5.69 Å². The first-order valence-corrected chi connectivity index (χ1v) is 11.8. The van der Waals surface area contributed by atoms with Gasteiger partial charge in [-0.2, -0.15) is 5.10 Å². The molecule has 0 aliphatic heterocycles. The van der Waals surface area contributed by atoms with E-state index >= 15 is 0 Å². The molecule has 0 aliphatic rings. The third-order valence-electron chi connectivity index (χ3n) is 4.20. The Morgan fingerprint density at radius 3 is 2.44 bits per heavy atom. The number of carbonyl (C=O) groups is 1. The van der Waals surface area contributed by atoms with Gasteiger partial charge in [-0.3, -0.25) is 0 Å². The standard InChI is InChI=1S/C21H22Cl2N4O4S/c1-21(2,3)31-20(28)26(4)13-14-11-19(27(25-14)17-8-6-5-7-16(17)22)32(29,30)15-9-10-18(23)24-12-15/h5-12H,13H2,1-4H3. The fourth-order valence-electron chi connectivity index (χ4n) is 2.76. The van der Waals surface area contributed by atoms with Crippen molar-refractivity contribution in [3.05, 3.63) is 64.5 Å². The van der Waals surface area contributed by atoms with Crippen LogP contribution in [-0.4, -0.2) is 46.8 Å². The molecule has 0 saturated carbocycles. The van der Waals surface area contributed by atoms with E-state index in [9.17, 15) is 13.2 Å². The zero-order chi connectivity index (χ0) is 23.7. The minimum atomic E-state index is -4.03. The van der Waals surface area contributed by atoms with Crippen molar-refractivity contribution < 1.29 is 17.9 Å². The van der Waals surface area contributed by atoms with Crippen LogP contribution in [0.25, 0.3) is 5.69 Å². The second-order valence-corrected chi connectivity index (χ2v) is 10.7. The average Bonchev–Trinajstić information content (AvgIpc) is 3.11. The zero-order valence-corrected chi connectivity index (χ0v) is 20.2. The Kier molecular flexibility index (Phi) is 6.83. The lowest BCUT2D eigenvalue weighted by molar-refractivity contribution is 0.0283. The Morgan fingerprint density at radius 2 is 1.84 bits per heavy atom. The highest BCUT2D eigenvalue weighted by Crippen LogP contribution is 2.28. The van der Waals surface area contributed by atoms with E-state index in [0.717, 1.165) is 0 Å². The van der Waals surface area contributed by atoms with E-state index in [1.165, 1.54) is 34.0 Å². The first-order chi connectivity index (χ1) is 14.9. The molecule has 2 aromatic heterocycles. The maximum atomic E-state index is 13.4. The number of nitrogens with zero attached hydrogens (tertiary/aromatic N) is 4. The summed E-state index contributed by atoms with van der Waals surface area (Å²) in [7, 11) is -2.49. The van der Waals surface area contributed by atoms with Gasteiger partial charge in [0.15, 0.2) is 5.03 Å². The molecule has 3 aromatic rings. The Balaban J connectivity index is 2.06. The van der Waals surface area contributed by atoms with Crippen LogP contribution in [0.1, 0.15) is 26.5 Å². The number of benzene rings is 1. The number of aromatic nitrogens is 3. The molecule has 0 radical (unpaired) electrons. The summed E-state index contributed by atoms with van der Waals surface area (Å²) < 4.78 is 33.4. The van der Waals surface area contributed by atoms with E-state index in [-0.39, 0.29) is 21.6 Å². The van der Waals surface area contributed by atoms with Gasteiger partial charge in [-0.15, -0.1) is 0 Å². The van der Waals surface area contributed by atoms with E-state index in [1.54, 1.807) is 52.1 Å². The number of hydrogen-bond donors (Lipinski definition) is 0. The molecule has 0 fully saturated rings. The molecule has 0 unspecified atom stereocenters.